The molecule has 1 aromatic rings. The minimum Gasteiger partial charge on any atom is -0.363 e. The van der Waals surface area contributed by atoms with Crippen LogP contribution in [0.4, 0.5) is 11.4 Å². The monoisotopic (exact) mass is 262 g/mol. The zero-order chi connectivity index (χ0) is 14.0. The van der Waals surface area contributed by atoms with Crippen molar-refractivity contribution >= 4 is 17.7 Å². The van der Waals surface area contributed by atoms with E-state index in [-0.39, 0.29) is 11.7 Å². The van der Waals surface area contributed by atoms with E-state index in [1.807, 2.05) is 0 Å². The molecule has 0 spiro atoms. The molecule has 0 aromatic heterocycles. The van der Waals surface area contributed by atoms with Crippen molar-refractivity contribution in [3.63, 3.8) is 0 Å². The van der Waals surface area contributed by atoms with Gasteiger partial charge in [0.2, 0.25) is 0 Å². The molecule has 2 atom stereocenters. The molecule has 5 nitrogen and oxygen atoms in total. The van der Waals surface area contributed by atoms with E-state index in [1.165, 1.54) is 6.07 Å². The van der Waals surface area contributed by atoms with Crippen LogP contribution in [-0.2, 0) is 0 Å². The largest absolute Gasteiger partial charge is 0.363 e. The van der Waals surface area contributed by atoms with Crippen LogP contribution < -0.4 is 4.90 Å². The number of rotatable bonds is 3. The summed E-state index contributed by atoms with van der Waals surface area (Å²) in [5.74, 6) is 0.529. The number of carbonyl (C=O) groups excluding carboxylic acids is 1. The molecular formula is C14H18N2O3. The van der Waals surface area contributed by atoms with E-state index in [4.69, 9.17) is 0 Å². The third kappa shape index (κ3) is 2.75. The third-order valence-electron chi connectivity index (χ3n) is 3.76. The van der Waals surface area contributed by atoms with Gasteiger partial charge >= 0.3 is 0 Å². The Bertz CT molecular complexity index is 501. The summed E-state index contributed by atoms with van der Waals surface area (Å²) in [5.41, 5.74) is 0.980. The van der Waals surface area contributed by atoms with Crippen molar-refractivity contribution in [2.45, 2.75) is 32.7 Å². The first-order valence-electron chi connectivity index (χ1n) is 6.53. The molecule has 0 bridgehead atoms. The van der Waals surface area contributed by atoms with Gasteiger partial charge in [0.05, 0.1) is 4.92 Å². The number of aldehydes is 1. The zero-order valence-corrected chi connectivity index (χ0v) is 11.2. The lowest BCUT2D eigenvalue weighted by atomic mass is 9.94. The SMILES string of the molecule is CC1CCC(C)N(c2ccc(C=O)cc2[N+](=O)[O-])C1. The van der Waals surface area contributed by atoms with Crippen LogP contribution in [0.5, 0.6) is 0 Å². The number of nitrogens with zero attached hydrogens (tertiary/aromatic N) is 2. The molecule has 1 saturated heterocycles. The van der Waals surface area contributed by atoms with Crippen molar-refractivity contribution in [3.05, 3.63) is 33.9 Å². The summed E-state index contributed by atoms with van der Waals surface area (Å²) in [4.78, 5) is 23.6. The summed E-state index contributed by atoms with van der Waals surface area (Å²) < 4.78 is 0. The van der Waals surface area contributed by atoms with E-state index in [2.05, 4.69) is 18.7 Å². The fraction of sp³-hybridized carbons (Fsp3) is 0.500. The molecule has 0 amide bonds. The lowest BCUT2D eigenvalue weighted by molar-refractivity contribution is -0.384. The lowest BCUT2D eigenvalue weighted by Gasteiger charge is -2.38. The topological polar surface area (TPSA) is 63.5 Å². The van der Waals surface area contributed by atoms with Crippen LogP contribution in [-0.4, -0.2) is 23.8 Å². The van der Waals surface area contributed by atoms with Crippen LogP contribution in [0, 0.1) is 16.0 Å². The number of hydrogen-bond acceptors (Lipinski definition) is 4. The van der Waals surface area contributed by atoms with Gasteiger partial charge in [0.15, 0.2) is 0 Å². The lowest BCUT2D eigenvalue weighted by Crippen LogP contribution is -2.41. The van der Waals surface area contributed by atoms with E-state index in [9.17, 15) is 14.9 Å². The van der Waals surface area contributed by atoms with E-state index < -0.39 is 4.92 Å². The van der Waals surface area contributed by atoms with Crippen molar-refractivity contribution in [1.29, 1.82) is 0 Å². The number of anilines is 1. The molecule has 1 aliphatic heterocycles. The number of piperidine rings is 1. The highest BCUT2D eigenvalue weighted by atomic mass is 16.6. The van der Waals surface area contributed by atoms with E-state index in [0.29, 0.717) is 23.5 Å². The smallest absolute Gasteiger partial charge is 0.293 e. The molecule has 2 unspecified atom stereocenters. The summed E-state index contributed by atoms with van der Waals surface area (Å²) in [6.45, 7) is 5.07. The maximum Gasteiger partial charge on any atom is 0.293 e. The number of benzene rings is 1. The maximum absolute atomic E-state index is 11.2. The molecule has 102 valence electrons. The van der Waals surface area contributed by atoms with Crippen molar-refractivity contribution < 1.29 is 9.72 Å². The molecule has 0 saturated carbocycles. The molecule has 5 heteroatoms. The van der Waals surface area contributed by atoms with Gasteiger partial charge in [0.1, 0.15) is 12.0 Å². The first-order chi connectivity index (χ1) is 9.02. The third-order valence-corrected chi connectivity index (χ3v) is 3.76. The Morgan fingerprint density at radius 3 is 2.74 bits per heavy atom. The Morgan fingerprint density at radius 1 is 1.37 bits per heavy atom. The van der Waals surface area contributed by atoms with Crippen molar-refractivity contribution in [2.24, 2.45) is 5.92 Å². The molecular weight excluding hydrogens is 244 g/mol. The number of hydrogen-bond donors (Lipinski definition) is 0. The summed E-state index contributed by atoms with van der Waals surface area (Å²) >= 11 is 0. The van der Waals surface area contributed by atoms with Crippen molar-refractivity contribution in [1.82, 2.24) is 0 Å². The average Bonchev–Trinajstić information content (AvgIpc) is 2.40. The second-order valence-electron chi connectivity index (χ2n) is 5.31. The first-order valence-corrected chi connectivity index (χ1v) is 6.53. The predicted molar refractivity (Wildman–Crippen MR) is 73.7 cm³/mol. The zero-order valence-electron chi connectivity index (χ0n) is 11.2. The quantitative estimate of drug-likeness (QED) is 0.477. The van der Waals surface area contributed by atoms with E-state index >= 15 is 0 Å². The molecule has 1 aromatic carbocycles. The van der Waals surface area contributed by atoms with E-state index in [0.717, 1.165) is 19.4 Å². The van der Waals surface area contributed by atoms with Gasteiger partial charge in [-0.05, 0) is 37.8 Å². The minimum atomic E-state index is -0.408. The van der Waals surface area contributed by atoms with Gasteiger partial charge in [-0.25, -0.2) is 0 Å². The summed E-state index contributed by atoms with van der Waals surface area (Å²) in [5, 5.41) is 11.2. The Kier molecular flexibility index (Phi) is 3.83. The van der Waals surface area contributed by atoms with Gasteiger partial charge in [0, 0.05) is 24.2 Å². The van der Waals surface area contributed by atoms with Crippen molar-refractivity contribution in [2.75, 3.05) is 11.4 Å². The minimum absolute atomic E-state index is 0.0190. The van der Waals surface area contributed by atoms with Crippen LogP contribution in [0.3, 0.4) is 0 Å². The van der Waals surface area contributed by atoms with E-state index in [1.54, 1.807) is 12.1 Å². The van der Waals surface area contributed by atoms with Crippen molar-refractivity contribution in [3.8, 4) is 0 Å². The van der Waals surface area contributed by atoms with Gasteiger partial charge in [-0.2, -0.15) is 0 Å². The molecule has 1 heterocycles. The fourth-order valence-electron chi connectivity index (χ4n) is 2.63. The molecule has 1 fully saturated rings. The second-order valence-corrected chi connectivity index (χ2v) is 5.31. The van der Waals surface area contributed by atoms with Crippen LogP contribution in [0.1, 0.15) is 37.0 Å². The average molecular weight is 262 g/mol. The summed E-state index contributed by atoms with van der Waals surface area (Å²) in [6.07, 6.45) is 2.82. The first kappa shape index (κ1) is 13.5. The predicted octanol–water partition coefficient (Wildman–Crippen LogP) is 3.03. The summed E-state index contributed by atoms with van der Waals surface area (Å²) in [7, 11) is 0. The van der Waals surface area contributed by atoms with Gasteiger partial charge in [0.25, 0.3) is 5.69 Å². The number of nitro groups is 1. The maximum atomic E-state index is 11.2. The Morgan fingerprint density at radius 2 is 2.11 bits per heavy atom. The fourth-order valence-corrected chi connectivity index (χ4v) is 2.63. The highest BCUT2D eigenvalue weighted by Crippen LogP contribution is 2.34. The molecule has 19 heavy (non-hydrogen) atoms. The van der Waals surface area contributed by atoms with Crippen LogP contribution >= 0.6 is 0 Å². The molecule has 0 radical (unpaired) electrons. The van der Waals surface area contributed by atoms with Gasteiger partial charge < -0.3 is 4.90 Å². The Labute approximate surface area is 112 Å². The van der Waals surface area contributed by atoms with Gasteiger partial charge in [-0.15, -0.1) is 0 Å². The summed E-state index contributed by atoms with van der Waals surface area (Å²) in [6, 6.07) is 4.98. The Hall–Kier alpha value is -1.91. The number of nitro benzene ring substituents is 1. The van der Waals surface area contributed by atoms with Crippen LogP contribution in [0.25, 0.3) is 0 Å². The standard InChI is InChI=1S/C14H18N2O3/c1-10-3-4-11(2)15(8-10)13-6-5-12(9-17)7-14(13)16(18)19/h5-7,9-11H,3-4,8H2,1-2H3. The van der Waals surface area contributed by atoms with Crippen LogP contribution in [0.15, 0.2) is 18.2 Å². The molecule has 0 N–H and O–H groups in total. The molecule has 1 aliphatic rings. The highest BCUT2D eigenvalue weighted by Gasteiger charge is 2.28. The van der Waals surface area contributed by atoms with Gasteiger partial charge in [-0.1, -0.05) is 6.92 Å². The van der Waals surface area contributed by atoms with Gasteiger partial charge in [-0.3, -0.25) is 14.9 Å². The highest BCUT2D eigenvalue weighted by molar-refractivity contribution is 5.79. The number of carbonyl (C=O) groups is 1. The second kappa shape index (κ2) is 5.38. The molecule has 2 rings (SSSR count). The Balaban J connectivity index is 2.42. The molecule has 0 aliphatic carbocycles. The van der Waals surface area contributed by atoms with Crippen LogP contribution in [0.2, 0.25) is 0 Å². The normalized spacial score (nSPS) is 23.2.